The smallest absolute Gasteiger partial charge is 0.193 e. The molecule has 0 aromatic heterocycles. The predicted molar refractivity (Wildman–Crippen MR) is 111 cm³/mol. The zero-order valence-corrected chi connectivity index (χ0v) is 17.6. The van der Waals surface area contributed by atoms with Crippen molar-refractivity contribution in [3.63, 3.8) is 0 Å². The van der Waals surface area contributed by atoms with Crippen LogP contribution in [0.4, 0.5) is 0 Å². The average molecular weight is 364 g/mol. The molecule has 26 heavy (non-hydrogen) atoms. The number of nitrogens with zero attached hydrogens (tertiary/aromatic N) is 4. The summed E-state index contributed by atoms with van der Waals surface area (Å²) < 4.78 is 0. The average Bonchev–Trinajstić information content (AvgIpc) is 3.08. The Morgan fingerprint density at radius 1 is 1.00 bits per heavy atom. The zero-order chi connectivity index (χ0) is 18.5. The summed E-state index contributed by atoms with van der Waals surface area (Å²) in [5.74, 6) is 3.71. The molecule has 2 heterocycles. The first-order valence-corrected chi connectivity index (χ1v) is 10.9. The van der Waals surface area contributed by atoms with E-state index >= 15 is 0 Å². The molecule has 1 aliphatic carbocycles. The summed E-state index contributed by atoms with van der Waals surface area (Å²) in [4.78, 5) is 12.2. The van der Waals surface area contributed by atoms with Crippen LogP contribution in [0.15, 0.2) is 4.99 Å². The minimum atomic E-state index is 0.772. The number of piperazine rings is 1. The van der Waals surface area contributed by atoms with Gasteiger partial charge in [0.25, 0.3) is 0 Å². The summed E-state index contributed by atoms with van der Waals surface area (Å²) in [5, 5.41) is 3.64. The fraction of sp³-hybridized carbons (Fsp3) is 0.952. The lowest BCUT2D eigenvalue weighted by Gasteiger charge is -2.43. The van der Waals surface area contributed by atoms with Crippen LogP contribution in [-0.2, 0) is 0 Å². The number of likely N-dealkylation sites (tertiary alicyclic amines) is 1. The van der Waals surface area contributed by atoms with Crippen molar-refractivity contribution < 1.29 is 0 Å². The fourth-order valence-electron chi connectivity index (χ4n) is 5.19. The van der Waals surface area contributed by atoms with Gasteiger partial charge in [-0.2, -0.15) is 0 Å². The van der Waals surface area contributed by atoms with E-state index in [9.17, 15) is 0 Å². The molecule has 0 radical (unpaired) electrons. The molecule has 0 bridgehead atoms. The van der Waals surface area contributed by atoms with Gasteiger partial charge in [-0.05, 0) is 63.5 Å². The minimum Gasteiger partial charge on any atom is -0.356 e. The Labute approximate surface area is 161 Å². The normalized spacial score (nSPS) is 32.4. The standard InChI is InChI=1S/C21H41N5/c1-17(2)19-5-7-20(8-6-19)25-11-13-26(14-12-25)21(22-3)23-15-18-9-10-24(4)16-18/h17-20H,5-16H2,1-4H3,(H,22,23). The minimum absolute atomic E-state index is 0.772. The molecule has 1 saturated carbocycles. The second-order valence-corrected chi connectivity index (χ2v) is 9.18. The number of rotatable bonds is 4. The van der Waals surface area contributed by atoms with Crippen LogP contribution in [0.1, 0.15) is 46.0 Å². The van der Waals surface area contributed by atoms with Crippen molar-refractivity contribution in [1.29, 1.82) is 0 Å². The van der Waals surface area contributed by atoms with Crippen LogP contribution in [-0.4, -0.2) is 86.6 Å². The molecule has 1 atom stereocenters. The lowest BCUT2D eigenvalue weighted by Crippen LogP contribution is -2.55. The van der Waals surface area contributed by atoms with Gasteiger partial charge in [0.1, 0.15) is 0 Å². The van der Waals surface area contributed by atoms with Gasteiger partial charge in [-0.3, -0.25) is 9.89 Å². The van der Waals surface area contributed by atoms with Crippen LogP contribution in [0.25, 0.3) is 0 Å². The molecule has 1 unspecified atom stereocenters. The summed E-state index contributed by atoms with van der Waals surface area (Å²) in [6.45, 7) is 12.9. The van der Waals surface area contributed by atoms with Gasteiger partial charge >= 0.3 is 0 Å². The van der Waals surface area contributed by atoms with Crippen molar-refractivity contribution in [2.24, 2.45) is 22.7 Å². The Morgan fingerprint density at radius 3 is 2.23 bits per heavy atom. The summed E-state index contributed by atoms with van der Waals surface area (Å²) in [6.07, 6.45) is 6.99. The van der Waals surface area contributed by atoms with E-state index in [4.69, 9.17) is 0 Å². The SMILES string of the molecule is CN=C(NCC1CCN(C)C1)N1CCN(C2CCC(C(C)C)CC2)CC1. The molecule has 5 heteroatoms. The van der Waals surface area contributed by atoms with Crippen LogP contribution in [0.2, 0.25) is 0 Å². The van der Waals surface area contributed by atoms with Gasteiger partial charge in [-0.15, -0.1) is 0 Å². The van der Waals surface area contributed by atoms with Crippen LogP contribution in [0.3, 0.4) is 0 Å². The van der Waals surface area contributed by atoms with Crippen molar-refractivity contribution in [3.05, 3.63) is 0 Å². The van der Waals surface area contributed by atoms with Crippen LogP contribution in [0, 0.1) is 17.8 Å². The first kappa shape index (κ1) is 19.9. The molecule has 0 aromatic rings. The molecule has 5 nitrogen and oxygen atoms in total. The second kappa shape index (κ2) is 9.41. The fourth-order valence-corrected chi connectivity index (χ4v) is 5.19. The monoisotopic (exact) mass is 363 g/mol. The topological polar surface area (TPSA) is 34.1 Å². The molecule has 150 valence electrons. The van der Waals surface area contributed by atoms with Gasteiger partial charge in [0.15, 0.2) is 5.96 Å². The first-order valence-electron chi connectivity index (χ1n) is 10.9. The number of guanidine groups is 1. The number of nitrogens with one attached hydrogen (secondary N) is 1. The maximum absolute atomic E-state index is 4.56. The second-order valence-electron chi connectivity index (χ2n) is 9.18. The van der Waals surface area contributed by atoms with Gasteiger partial charge in [-0.25, -0.2) is 0 Å². The highest BCUT2D eigenvalue weighted by atomic mass is 15.4. The Bertz CT molecular complexity index is 447. The Hall–Kier alpha value is -0.810. The predicted octanol–water partition coefficient (Wildman–Crippen LogP) is 2.35. The van der Waals surface area contributed by atoms with Crippen LogP contribution < -0.4 is 5.32 Å². The van der Waals surface area contributed by atoms with E-state index in [1.807, 2.05) is 7.05 Å². The van der Waals surface area contributed by atoms with Gasteiger partial charge < -0.3 is 15.1 Å². The van der Waals surface area contributed by atoms with Crippen LogP contribution >= 0.6 is 0 Å². The molecule has 1 N–H and O–H groups in total. The van der Waals surface area contributed by atoms with E-state index in [1.165, 1.54) is 58.3 Å². The largest absolute Gasteiger partial charge is 0.356 e. The summed E-state index contributed by atoms with van der Waals surface area (Å²) in [5.41, 5.74) is 0. The molecule has 3 aliphatic rings. The van der Waals surface area contributed by atoms with Crippen molar-refractivity contribution >= 4 is 5.96 Å². The Balaban J connectivity index is 1.39. The van der Waals surface area contributed by atoms with Crippen molar-refractivity contribution in [3.8, 4) is 0 Å². The lowest BCUT2D eigenvalue weighted by molar-refractivity contribution is 0.0863. The van der Waals surface area contributed by atoms with Crippen molar-refractivity contribution in [2.75, 3.05) is 59.9 Å². The molecule has 2 aliphatic heterocycles. The van der Waals surface area contributed by atoms with E-state index in [0.717, 1.165) is 49.4 Å². The third-order valence-electron chi connectivity index (χ3n) is 7.06. The highest BCUT2D eigenvalue weighted by Crippen LogP contribution is 2.32. The van der Waals surface area contributed by atoms with Crippen molar-refractivity contribution in [2.45, 2.75) is 52.0 Å². The molecule has 0 aromatic carbocycles. The number of hydrogen-bond donors (Lipinski definition) is 1. The maximum atomic E-state index is 4.56. The van der Waals surface area contributed by atoms with Gasteiger partial charge in [0.2, 0.25) is 0 Å². The quantitative estimate of drug-likeness (QED) is 0.614. The Morgan fingerprint density at radius 2 is 1.69 bits per heavy atom. The van der Waals surface area contributed by atoms with E-state index < -0.39 is 0 Å². The van der Waals surface area contributed by atoms with E-state index in [1.54, 1.807) is 0 Å². The van der Waals surface area contributed by atoms with E-state index in [-0.39, 0.29) is 0 Å². The van der Waals surface area contributed by atoms with Gasteiger partial charge in [-0.1, -0.05) is 13.8 Å². The van der Waals surface area contributed by atoms with Crippen molar-refractivity contribution in [1.82, 2.24) is 20.0 Å². The third kappa shape index (κ3) is 5.13. The highest BCUT2D eigenvalue weighted by Gasteiger charge is 2.30. The molecular weight excluding hydrogens is 322 g/mol. The zero-order valence-electron chi connectivity index (χ0n) is 17.6. The first-order chi connectivity index (χ1) is 12.6. The summed E-state index contributed by atoms with van der Waals surface area (Å²) in [7, 11) is 4.16. The number of aliphatic imine (C=N–C) groups is 1. The summed E-state index contributed by atoms with van der Waals surface area (Å²) >= 11 is 0. The van der Waals surface area contributed by atoms with Gasteiger partial charge in [0.05, 0.1) is 0 Å². The molecule has 0 amide bonds. The molecular formula is C21H41N5. The van der Waals surface area contributed by atoms with Crippen LogP contribution in [0.5, 0.6) is 0 Å². The van der Waals surface area contributed by atoms with E-state index in [0.29, 0.717) is 0 Å². The van der Waals surface area contributed by atoms with E-state index in [2.05, 4.69) is 45.9 Å². The Kier molecular flexibility index (Phi) is 7.21. The molecule has 2 saturated heterocycles. The summed E-state index contributed by atoms with van der Waals surface area (Å²) in [6, 6.07) is 0.830. The lowest BCUT2D eigenvalue weighted by atomic mass is 9.79. The van der Waals surface area contributed by atoms with Gasteiger partial charge in [0, 0.05) is 52.4 Å². The molecule has 3 rings (SSSR count). The molecule has 3 fully saturated rings. The third-order valence-corrected chi connectivity index (χ3v) is 7.06. The number of hydrogen-bond acceptors (Lipinski definition) is 3. The maximum Gasteiger partial charge on any atom is 0.193 e. The highest BCUT2D eigenvalue weighted by molar-refractivity contribution is 5.80. The molecule has 0 spiro atoms.